The number of benzene rings is 1. The van der Waals surface area contributed by atoms with Gasteiger partial charge in [0.25, 0.3) is 5.91 Å². The molecular weight excluding hydrogens is 338 g/mol. The minimum absolute atomic E-state index is 0.104. The van der Waals surface area contributed by atoms with Crippen molar-refractivity contribution < 1.29 is 9.53 Å². The Morgan fingerprint density at radius 2 is 2.00 bits per heavy atom. The maximum atomic E-state index is 13.6. The number of pyridine rings is 1. The zero-order chi connectivity index (χ0) is 18.8. The molecule has 0 N–H and O–H groups in total. The van der Waals surface area contributed by atoms with Gasteiger partial charge < -0.3 is 14.5 Å². The third kappa shape index (κ3) is 4.30. The van der Waals surface area contributed by atoms with Crippen molar-refractivity contribution in [1.29, 1.82) is 0 Å². The van der Waals surface area contributed by atoms with Gasteiger partial charge in [-0.3, -0.25) is 9.78 Å². The van der Waals surface area contributed by atoms with E-state index in [-0.39, 0.29) is 12.0 Å². The minimum atomic E-state index is 0.104. The van der Waals surface area contributed by atoms with Gasteiger partial charge in [-0.2, -0.15) is 0 Å². The van der Waals surface area contributed by atoms with Crippen LogP contribution in [0, 0.1) is 0 Å². The Bertz CT molecular complexity index is 810. The Balaban J connectivity index is 1.66. The second-order valence-corrected chi connectivity index (χ2v) is 8.08. The SMILES string of the molecule is CN(C)CCN(CC1CCCO1)C(=O)c1cc(C2CC2)nc2ccccc12. The normalized spacial score (nSPS) is 19.7. The maximum absolute atomic E-state index is 13.6. The molecule has 27 heavy (non-hydrogen) atoms. The van der Waals surface area contributed by atoms with E-state index >= 15 is 0 Å². The third-order valence-electron chi connectivity index (χ3n) is 5.51. The lowest BCUT2D eigenvalue weighted by molar-refractivity contribution is 0.0513. The van der Waals surface area contributed by atoms with E-state index in [1.54, 1.807) is 0 Å². The lowest BCUT2D eigenvalue weighted by atomic mass is 10.0. The first-order valence-electron chi connectivity index (χ1n) is 10.1. The molecule has 2 aliphatic rings. The summed E-state index contributed by atoms with van der Waals surface area (Å²) >= 11 is 0. The van der Waals surface area contributed by atoms with Crippen LogP contribution in [0.4, 0.5) is 0 Å². The number of aromatic nitrogens is 1. The van der Waals surface area contributed by atoms with E-state index in [2.05, 4.69) is 4.90 Å². The largest absolute Gasteiger partial charge is 0.376 e. The second-order valence-electron chi connectivity index (χ2n) is 8.08. The Morgan fingerprint density at radius 1 is 1.19 bits per heavy atom. The van der Waals surface area contributed by atoms with Crippen molar-refractivity contribution in [1.82, 2.24) is 14.8 Å². The van der Waals surface area contributed by atoms with Gasteiger partial charge in [0.1, 0.15) is 0 Å². The molecule has 2 heterocycles. The molecule has 2 fully saturated rings. The fourth-order valence-electron chi connectivity index (χ4n) is 3.76. The predicted molar refractivity (Wildman–Crippen MR) is 107 cm³/mol. The molecule has 1 aliphatic heterocycles. The van der Waals surface area contributed by atoms with Gasteiger partial charge in [-0.15, -0.1) is 0 Å². The topological polar surface area (TPSA) is 45.7 Å². The summed E-state index contributed by atoms with van der Waals surface area (Å²) in [4.78, 5) is 22.5. The van der Waals surface area contributed by atoms with Crippen molar-refractivity contribution in [2.75, 3.05) is 40.3 Å². The summed E-state index contributed by atoms with van der Waals surface area (Å²) in [5, 5.41) is 0.953. The van der Waals surface area contributed by atoms with Gasteiger partial charge in [0.05, 0.1) is 17.2 Å². The smallest absolute Gasteiger partial charge is 0.254 e. The van der Waals surface area contributed by atoms with Gasteiger partial charge in [0.2, 0.25) is 0 Å². The molecule has 1 aliphatic carbocycles. The molecule has 1 aromatic carbocycles. The van der Waals surface area contributed by atoms with Gasteiger partial charge in [-0.1, -0.05) is 18.2 Å². The second kappa shape index (κ2) is 7.95. The molecule has 1 saturated carbocycles. The predicted octanol–water partition coefficient (Wildman–Crippen LogP) is 3.30. The molecule has 1 unspecified atom stereocenters. The fourth-order valence-corrected chi connectivity index (χ4v) is 3.76. The van der Waals surface area contributed by atoms with Crippen molar-refractivity contribution in [2.45, 2.75) is 37.7 Å². The summed E-state index contributed by atoms with van der Waals surface area (Å²) in [6, 6.07) is 10.1. The molecular formula is C22H29N3O2. The molecule has 5 heteroatoms. The van der Waals surface area contributed by atoms with Crippen molar-refractivity contribution in [3.05, 3.63) is 41.6 Å². The highest BCUT2D eigenvalue weighted by molar-refractivity contribution is 6.06. The highest BCUT2D eigenvalue weighted by atomic mass is 16.5. The summed E-state index contributed by atoms with van der Waals surface area (Å²) in [6.45, 7) is 3.03. The van der Waals surface area contributed by atoms with Crippen LogP contribution in [-0.2, 0) is 4.74 Å². The molecule has 144 valence electrons. The Kier molecular flexibility index (Phi) is 5.41. The van der Waals surface area contributed by atoms with E-state index in [0.717, 1.165) is 48.2 Å². The number of carbonyl (C=O) groups is 1. The lowest BCUT2D eigenvalue weighted by Gasteiger charge is -2.27. The number of rotatable bonds is 7. The lowest BCUT2D eigenvalue weighted by Crippen LogP contribution is -2.41. The summed E-state index contributed by atoms with van der Waals surface area (Å²) in [5.41, 5.74) is 2.79. The van der Waals surface area contributed by atoms with Crippen LogP contribution in [0.15, 0.2) is 30.3 Å². The molecule has 0 radical (unpaired) electrons. The number of ether oxygens (including phenoxy) is 1. The standard InChI is InChI=1S/C22H29N3O2/c1-24(2)11-12-25(15-17-6-5-13-27-17)22(26)19-14-21(16-9-10-16)23-20-8-4-3-7-18(19)20/h3-4,7-8,14,16-17H,5-6,9-13,15H2,1-2H3. The van der Waals surface area contributed by atoms with Crippen LogP contribution >= 0.6 is 0 Å². The van der Waals surface area contributed by atoms with E-state index in [4.69, 9.17) is 9.72 Å². The highest BCUT2D eigenvalue weighted by Crippen LogP contribution is 2.40. The van der Waals surface area contributed by atoms with Crippen LogP contribution < -0.4 is 0 Å². The molecule has 1 amide bonds. The number of amides is 1. The average Bonchev–Trinajstić information content (AvgIpc) is 3.40. The fraction of sp³-hybridized carbons (Fsp3) is 0.545. The maximum Gasteiger partial charge on any atom is 0.254 e. The zero-order valence-corrected chi connectivity index (χ0v) is 16.4. The summed E-state index contributed by atoms with van der Waals surface area (Å²) in [6.07, 6.45) is 4.64. The Labute approximate surface area is 161 Å². The van der Waals surface area contributed by atoms with Crippen molar-refractivity contribution >= 4 is 16.8 Å². The van der Waals surface area contributed by atoms with Crippen LogP contribution in [0.25, 0.3) is 10.9 Å². The molecule has 4 rings (SSSR count). The number of fused-ring (bicyclic) bond motifs is 1. The number of carbonyl (C=O) groups excluding carboxylic acids is 1. The number of likely N-dealkylation sites (N-methyl/N-ethyl adjacent to an activating group) is 1. The quantitative estimate of drug-likeness (QED) is 0.753. The van der Waals surface area contributed by atoms with Gasteiger partial charge in [0, 0.05) is 43.2 Å². The number of para-hydroxylation sites is 1. The molecule has 5 nitrogen and oxygen atoms in total. The minimum Gasteiger partial charge on any atom is -0.376 e. The molecule has 0 spiro atoms. The van der Waals surface area contributed by atoms with Crippen molar-refractivity contribution in [3.8, 4) is 0 Å². The van der Waals surface area contributed by atoms with Gasteiger partial charge >= 0.3 is 0 Å². The van der Waals surface area contributed by atoms with Crippen LogP contribution in [0.1, 0.15) is 47.7 Å². The molecule has 0 bridgehead atoms. The number of hydrogen-bond donors (Lipinski definition) is 0. The molecule has 2 aromatic rings. The van der Waals surface area contributed by atoms with Crippen LogP contribution in [0.3, 0.4) is 0 Å². The highest BCUT2D eigenvalue weighted by Gasteiger charge is 2.29. The first-order chi connectivity index (χ1) is 13.1. The van der Waals surface area contributed by atoms with E-state index in [0.29, 0.717) is 19.0 Å². The van der Waals surface area contributed by atoms with E-state index in [1.165, 1.54) is 12.8 Å². The van der Waals surface area contributed by atoms with Crippen molar-refractivity contribution in [3.63, 3.8) is 0 Å². The average molecular weight is 367 g/mol. The van der Waals surface area contributed by atoms with E-state index in [1.807, 2.05) is 49.3 Å². The first kappa shape index (κ1) is 18.4. The monoisotopic (exact) mass is 367 g/mol. The Hall–Kier alpha value is -1.98. The van der Waals surface area contributed by atoms with Gasteiger partial charge in [-0.25, -0.2) is 0 Å². The summed E-state index contributed by atoms with van der Waals surface area (Å²) in [7, 11) is 4.09. The number of nitrogens with zero attached hydrogens (tertiary/aromatic N) is 3. The summed E-state index contributed by atoms with van der Waals surface area (Å²) < 4.78 is 5.82. The third-order valence-corrected chi connectivity index (χ3v) is 5.51. The molecule has 1 saturated heterocycles. The molecule has 1 aromatic heterocycles. The van der Waals surface area contributed by atoms with Crippen LogP contribution in [-0.4, -0.2) is 67.1 Å². The zero-order valence-electron chi connectivity index (χ0n) is 16.4. The molecule has 1 atom stereocenters. The van der Waals surface area contributed by atoms with E-state index in [9.17, 15) is 4.79 Å². The number of hydrogen-bond acceptors (Lipinski definition) is 4. The Morgan fingerprint density at radius 3 is 2.70 bits per heavy atom. The van der Waals surface area contributed by atoms with Gasteiger partial charge in [-0.05, 0) is 51.9 Å². The van der Waals surface area contributed by atoms with Crippen molar-refractivity contribution in [2.24, 2.45) is 0 Å². The summed E-state index contributed by atoms with van der Waals surface area (Å²) in [5.74, 6) is 0.627. The van der Waals surface area contributed by atoms with E-state index < -0.39 is 0 Å². The van der Waals surface area contributed by atoms with Crippen LogP contribution in [0.2, 0.25) is 0 Å². The van der Waals surface area contributed by atoms with Gasteiger partial charge in [0.15, 0.2) is 0 Å². The van der Waals surface area contributed by atoms with Crippen LogP contribution in [0.5, 0.6) is 0 Å². The first-order valence-corrected chi connectivity index (χ1v) is 10.1.